The second kappa shape index (κ2) is 5.30. The van der Waals surface area contributed by atoms with Crippen molar-refractivity contribution in [2.45, 2.75) is 25.2 Å². The summed E-state index contributed by atoms with van der Waals surface area (Å²) in [6.07, 6.45) is 1.81. The number of hydrogen-bond acceptors (Lipinski definition) is 2. The normalized spacial score (nSPS) is 15.6. The zero-order chi connectivity index (χ0) is 15.0. The predicted molar refractivity (Wildman–Crippen MR) is 87.1 cm³/mol. The topological polar surface area (TPSA) is 26.3 Å². The van der Waals surface area contributed by atoms with Crippen LogP contribution in [0, 0.1) is 6.92 Å². The zero-order valence-corrected chi connectivity index (χ0v) is 13.7. The standard InChI is InChI=1S/C18H17BrO2/c1-12-10-16(21-2)14(11-15(12)19)17(20)18(8-9-18)13-6-4-3-5-7-13/h3-7,10-11H,8-9H2,1-2H3. The lowest BCUT2D eigenvalue weighted by Crippen LogP contribution is -2.21. The quantitative estimate of drug-likeness (QED) is 0.752. The summed E-state index contributed by atoms with van der Waals surface area (Å²) >= 11 is 3.51. The van der Waals surface area contributed by atoms with Crippen LogP contribution >= 0.6 is 15.9 Å². The van der Waals surface area contributed by atoms with Gasteiger partial charge in [-0.1, -0.05) is 46.3 Å². The second-order valence-electron chi connectivity index (χ2n) is 5.58. The molecule has 1 saturated carbocycles. The molecule has 1 fully saturated rings. The molecule has 0 N–H and O–H groups in total. The molecular formula is C18H17BrO2. The van der Waals surface area contributed by atoms with E-state index in [1.807, 2.05) is 49.4 Å². The van der Waals surface area contributed by atoms with Gasteiger partial charge in [0.05, 0.1) is 18.1 Å². The van der Waals surface area contributed by atoms with Crippen LogP contribution in [0.1, 0.15) is 34.3 Å². The van der Waals surface area contributed by atoms with E-state index in [2.05, 4.69) is 15.9 Å². The van der Waals surface area contributed by atoms with Crippen LogP contribution in [0.15, 0.2) is 46.9 Å². The number of ketones is 1. The molecule has 1 aliphatic rings. The molecule has 0 spiro atoms. The fraction of sp³-hybridized carbons (Fsp3) is 0.278. The molecule has 0 amide bonds. The van der Waals surface area contributed by atoms with Crippen molar-refractivity contribution >= 4 is 21.7 Å². The molecule has 0 aliphatic heterocycles. The molecule has 0 unspecified atom stereocenters. The first kappa shape index (κ1) is 14.3. The van der Waals surface area contributed by atoms with E-state index in [4.69, 9.17) is 4.74 Å². The van der Waals surface area contributed by atoms with Crippen molar-refractivity contribution in [1.82, 2.24) is 0 Å². The summed E-state index contributed by atoms with van der Waals surface area (Å²) in [5.74, 6) is 0.814. The van der Waals surface area contributed by atoms with Crippen LogP contribution in [0.2, 0.25) is 0 Å². The van der Waals surface area contributed by atoms with Gasteiger partial charge in [0.15, 0.2) is 5.78 Å². The van der Waals surface area contributed by atoms with E-state index in [1.54, 1.807) is 7.11 Å². The SMILES string of the molecule is COc1cc(C)c(Br)cc1C(=O)C1(c2ccccc2)CC1. The number of methoxy groups -OCH3 is 1. The number of halogens is 1. The summed E-state index contributed by atoms with van der Waals surface area (Å²) in [6, 6.07) is 13.8. The Kier molecular flexibility index (Phi) is 3.62. The molecule has 1 aliphatic carbocycles. The summed E-state index contributed by atoms with van der Waals surface area (Å²) in [5.41, 5.74) is 2.47. The minimum Gasteiger partial charge on any atom is -0.496 e. The number of rotatable bonds is 4. The van der Waals surface area contributed by atoms with E-state index >= 15 is 0 Å². The first-order chi connectivity index (χ1) is 10.1. The Bertz CT molecular complexity index is 688. The molecule has 21 heavy (non-hydrogen) atoms. The van der Waals surface area contributed by atoms with Gasteiger partial charge in [-0.05, 0) is 43.0 Å². The van der Waals surface area contributed by atoms with Crippen molar-refractivity contribution in [3.05, 3.63) is 63.6 Å². The minimum atomic E-state index is -0.358. The van der Waals surface area contributed by atoms with Crippen LogP contribution in [0.5, 0.6) is 5.75 Å². The maximum Gasteiger partial charge on any atom is 0.177 e. The predicted octanol–water partition coefficient (Wildman–Crippen LogP) is 4.68. The van der Waals surface area contributed by atoms with Gasteiger partial charge >= 0.3 is 0 Å². The monoisotopic (exact) mass is 344 g/mol. The Labute approximate surface area is 133 Å². The Hall–Kier alpha value is -1.61. The smallest absolute Gasteiger partial charge is 0.177 e. The number of ether oxygens (including phenoxy) is 1. The summed E-state index contributed by atoms with van der Waals surface area (Å²) in [7, 11) is 1.61. The van der Waals surface area contributed by atoms with Crippen LogP contribution in [-0.4, -0.2) is 12.9 Å². The van der Waals surface area contributed by atoms with Gasteiger partial charge in [-0.15, -0.1) is 0 Å². The zero-order valence-electron chi connectivity index (χ0n) is 12.2. The number of benzene rings is 2. The molecule has 2 aromatic rings. The summed E-state index contributed by atoms with van der Waals surface area (Å²) in [4.78, 5) is 13.1. The van der Waals surface area contributed by atoms with Gasteiger partial charge in [0.25, 0.3) is 0 Å². The average molecular weight is 345 g/mol. The maximum atomic E-state index is 13.1. The molecule has 0 radical (unpaired) electrons. The van der Waals surface area contributed by atoms with Crippen molar-refractivity contribution in [1.29, 1.82) is 0 Å². The highest BCUT2D eigenvalue weighted by atomic mass is 79.9. The first-order valence-corrected chi connectivity index (χ1v) is 7.82. The fourth-order valence-corrected chi connectivity index (χ4v) is 3.13. The Morgan fingerprint density at radius 2 is 1.86 bits per heavy atom. The molecular weight excluding hydrogens is 328 g/mol. The molecule has 0 aromatic heterocycles. The van der Waals surface area contributed by atoms with Crippen molar-refractivity contribution in [3.63, 3.8) is 0 Å². The summed E-state index contributed by atoms with van der Waals surface area (Å²) in [5, 5.41) is 0. The van der Waals surface area contributed by atoms with Crippen LogP contribution in [0.4, 0.5) is 0 Å². The Morgan fingerprint density at radius 3 is 2.43 bits per heavy atom. The molecule has 108 valence electrons. The third kappa shape index (κ3) is 2.40. The second-order valence-corrected chi connectivity index (χ2v) is 6.43. The van der Waals surface area contributed by atoms with Gasteiger partial charge < -0.3 is 4.74 Å². The van der Waals surface area contributed by atoms with E-state index in [1.165, 1.54) is 0 Å². The van der Waals surface area contributed by atoms with E-state index < -0.39 is 0 Å². The Morgan fingerprint density at radius 1 is 1.19 bits per heavy atom. The van der Waals surface area contributed by atoms with Gasteiger partial charge in [0.1, 0.15) is 5.75 Å². The molecule has 0 atom stereocenters. The lowest BCUT2D eigenvalue weighted by Gasteiger charge is -2.17. The molecule has 3 rings (SSSR count). The fourth-order valence-electron chi connectivity index (χ4n) is 2.79. The lowest BCUT2D eigenvalue weighted by atomic mass is 9.87. The molecule has 0 heterocycles. The van der Waals surface area contributed by atoms with Gasteiger partial charge in [0.2, 0.25) is 0 Å². The molecule has 0 bridgehead atoms. The van der Waals surface area contributed by atoms with Crippen LogP contribution < -0.4 is 4.74 Å². The number of Topliss-reactive ketones (excluding diaryl/α,β-unsaturated/α-hetero) is 1. The highest BCUT2D eigenvalue weighted by Crippen LogP contribution is 2.51. The Balaban J connectivity index is 2.06. The summed E-state index contributed by atoms with van der Waals surface area (Å²) < 4.78 is 6.36. The highest BCUT2D eigenvalue weighted by Gasteiger charge is 2.51. The molecule has 2 aromatic carbocycles. The van der Waals surface area contributed by atoms with Crippen molar-refractivity contribution in [2.75, 3.05) is 7.11 Å². The van der Waals surface area contributed by atoms with E-state index in [0.717, 1.165) is 28.4 Å². The van der Waals surface area contributed by atoms with Gasteiger partial charge in [-0.3, -0.25) is 4.79 Å². The number of carbonyl (C=O) groups is 1. The van der Waals surface area contributed by atoms with Crippen LogP contribution in [-0.2, 0) is 5.41 Å². The van der Waals surface area contributed by atoms with Crippen molar-refractivity contribution < 1.29 is 9.53 Å². The number of carbonyl (C=O) groups excluding carboxylic acids is 1. The molecule has 2 nitrogen and oxygen atoms in total. The number of hydrogen-bond donors (Lipinski definition) is 0. The number of aryl methyl sites for hydroxylation is 1. The van der Waals surface area contributed by atoms with Gasteiger partial charge in [0, 0.05) is 4.47 Å². The first-order valence-electron chi connectivity index (χ1n) is 7.03. The molecule has 0 saturated heterocycles. The van der Waals surface area contributed by atoms with Crippen molar-refractivity contribution in [2.24, 2.45) is 0 Å². The summed E-state index contributed by atoms with van der Waals surface area (Å²) in [6.45, 7) is 1.99. The molecule has 3 heteroatoms. The van der Waals surface area contributed by atoms with E-state index in [9.17, 15) is 4.79 Å². The highest BCUT2D eigenvalue weighted by molar-refractivity contribution is 9.10. The van der Waals surface area contributed by atoms with E-state index in [0.29, 0.717) is 11.3 Å². The lowest BCUT2D eigenvalue weighted by molar-refractivity contribution is 0.0943. The van der Waals surface area contributed by atoms with Crippen LogP contribution in [0.25, 0.3) is 0 Å². The third-order valence-electron chi connectivity index (χ3n) is 4.24. The largest absolute Gasteiger partial charge is 0.496 e. The van der Waals surface area contributed by atoms with E-state index in [-0.39, 0.29) is 11.2 Å². The average Bonchev–Trinajstić information content (AvgIpc) is 3.31. The van der Waals surface area contributed by atoms with Crippen LogP contribution in [0.3, 0.4) is 0 Å². The van der Waals surface area contributed by atoms with Gasteiger partial charge in [-0.2, -0.15) is 0 Å². The van der Waals surface area contributed by atoms with Crippen molar-refractivity contribution in [3.8, 4) is 5.75 Å². The minimum absolute atomic E-state index is 0.159. The maximum absolute atomic E-state index is 13.1. The van der Waals surface area contributed by atoms with Gasteiger partial charge in [-0.25, -0.2) is 0 Å². The third-order valence-corrected chi connectivity index (χ3v) is 5.09.